The molecule has 0 aliphatic rings. The Morgan fingerprint density at radius 3 is 1.74 bits per heavy atom. The van der Waals surface area contributed by atoms with E-state index >= 15 is 0 Å². The Labute approximate surface area is 199 Å². The predicted octanol–water partition coefficient (Wildman–Crippen LogP) is 5.28. The largest absolute Gasteiger partial charge is 0.507 e. The van der Waals surface area contributed by atoms with E-state index in [1.165, 1.54) is 0 Å². The van der Waals surface area contributed by atoms with Gasteiger partial charge in [0.2, 0.25) is 0 Å². The summed E-state index contributed by atoms with van der Waals surface area (Å²) in [5, 5.41) is 23.1. The molecule has 2 heterocycles. The van der Waals surface area contributed by atoms with Crippen LogP contribution >= 0.6 is 0 Å². The van der Waals surface area contributed by atoms with Crippen molar-refractivity contribution in [3.8, 4) is 17.2 Å². The van der Waals surface area contributed by atoms with Gasteiger partial charge in [-0.25, -0.2) is 9.59 Å². The molecular formula is C28H22O7. The van der Waals surface area contributed by atoms with Gasteiger partial charge in [-0.05, 0) is 55.8 Å². The minimum atomic E-state index is -1.20. The van der Waals surface area contributed by atoms with Crippen molar-refractivity contribution in [3.63, 3.8) is 0 Å². The summed E-state index contributed by atoms with van der Waals surface area (Å²) in [6.45, 7) is 3.75. The molecule has 0 aliphatic carbocycles. The number of hydrogen-bond donors (Lipinski definition) is 2. The van der Waals surface area contributed by atoms with Gasteiger partial charge in [0.25, 0.3) is 0 Å². The maximum absolute atomic E-state index is 13.2. The molecule has 0 radical (unpaired) electrons. The van der Waals surface area contributed by atoms with Crippen molar-refractivity contribution in [2.45, 2.75) is 25.9 Å². The van der Waals surface area contributed by atoms with Gasteiger partial charge in [0.1, 0.15) is 28.4 Å². The Morgan fingerprint density at radius 1 is 0.714 bits per heavy atom. The van der Waals surface area contributed by atoms with Gasteiger partial charge in [-0.1, -0.05) is 36.4 Å². The summed E-state index contributed by atoms with van der Waals surface area (Å²) < 4.78 is 16.8. The number of fused-ring (bicyclic) bond motifs is 2. The van der Waals surface area contributed by atoms with Gasteiger partial charge in [-0.3, -0.25) is 0 Å². The van der Waals surface area contributed by atoms with Crippen molar-refractivity contribution in [1.82, 2.24) is 0 Å². The second kappa shape index (κ2) is 8.68. The highest BCUT2D eigenvalue weighted by molar-refractivity contribution is 5.86. The Bertz CT molecular complexity index is 1580. The Balaban J connectivity index is 1.87. The van der Waals surface area contributed by atoms with E-state index in [4.69, 9.17) is 13.6 Å². The molecule has 2 N–H and O–H groups in total. The molecule has 0 atom stereocenters. The summed E-state index contributed by atoms with van der Waals surface area (Å²) in [5.74, 6) is -1.39. The third-order valence-electron chi connectivity index (χ3n) is 5.78. The van der Waals surface area contributed by atoms with Crippen LogP contribution in [0.1, 0.15) is 36.5 Å². The number of rotatable bonds is 5. The van der Waals surface area contributed by atoms with Crippen LogP contribution in [0.5, 0.6) is 17.2 Å². The molecule has 3 aromatic carbocycles. The van der Waals surface area contributed by atoms with E-state index in [1.807, 2.05) is 13.8 Å². The molecule has 2 aromatic heterocycles. The zero-order valence-corrected chi connectivity index (χ0v) is 19.0. The molecule has 0 unspecified atom stereocenters. The van der Waals surface area contributed by atoms with Crippen molar-refractivity contribution in [1.29, 1.82) is 0 Å². The van der Waals surface area contributed by atoms with Crippen molar-refractivity contribution < 1.29 is 23.8 Å². The number of ether oxygens (including phenoxy) is 1. The predicted molar refractivity (Wildman–Crippen MR) is 131 cm³/mol. The molecule has 5 aromatic rings. The van der Waals surface area contributed by atoms with Crippen molar-refractivity contribution in [3.05, 3.63) is 110 Å². The molecule has 0 amide bonds. The van der Waals surface area contributed by atoms with Gasteiger partial charge in [0.15, 0.2) is 0 Å². The summed E-state index contributed by atoms with van der Waals surface area (Å²) in [5.41, 5.74) is -1.24. The molecule has 0 bridgehead atoms. The van der Waals surface area contributed by atoms with Crippen molar-refractivity contribution in [2.75, 3.05) is 0 Å². The summed E-state index contributed by atoms with van der Waals surface area (Å²) in [7, 11) is 0. The standard InChI is InChI=1S/C28H22O7/c1-15(2)33-17-9-7-8-16(14-17)22(23-25(29)18-10-3-5-12-20(18)34-27(23)31)24-26(30)19-11-4-6-13-21(19)35-28(24)32/h3-15,22,29-30H,1-2H3. The minimum Gasteiger partial charge on any atom is -0.507 e. The van der Waals surface area contributed by atoms with Crippen molar-refractivity contribution in [2.24, 2.45) is 0 Å². The number of aromatic hydroxyl groups is 2. The molecule has 0 aliphatic heterocycles. The van der Waals surface area contributed by atoms with E-state index in [1.54, 1.807) is 72.8 Å². The third kappa shape index (κ3) is 3.91. The molecule has 176 valence electrons. The van der Waals surface area contributed by atoms with E-state index in [2.05, 4.69) is 0 Å². The van der Waals surface area contributed by atoms with Gasteiger partial charge in [-0.2, -0.15) is 0 Å². The fourth-order valence-electron chi connectivity index (χ4n) is 4.32. The lowest BCUT2D eigenvalue weighted by Crippen LogP contribution is -2.21. The van der Waals surface area contributed by atoms with E-state index in [0.29, 0.717) is 22.1 Å². The Kier molecular flexibility index (Phi) is 5.53. The lowest BCUT2D eigenvalue weighted by Gasteiger charge is -2.20. The molecule has 0 saturated heterocycles. The Morgan fingerprint density at radius 2 is 1.23 bits per heavy atom. The molecule has 35 heavy (non-hydrogen) atoms. The van der Waals surface area contributed by atoms with Crippen LogP contribution in [0.2, 0.25) is 0 Å². The zero-order valence-electron chi connectivity index (χ0n) is 19.0. The molecule has 7 nitrogen and oxygen atoms in total. The van der Waals surface area contributed by atoms with Crippen molar-refractivity contribution >= 4 is 21.9 Å². The highest BCUT2D eigenvalue weighted by Crippen LogP contribution is 2.42. The fraction of sp³-hybridized carbons (Fsp3) is 0.143. The molecule has 0 fully saturated rings. The van der Waals surface area contributed by atoms with Crippen LogP contribution in [0, 0.1) is 0 Å². The molecular weight excluding hydrogens is 448 g/mol. The monoisotopic (exact) mass is 470 g/mol. The fourth-order valence-corrected chi connectivity index (χ4v) is 4.32. The molecule has 0 saturated carbocycles. The average molecular weight is 470 g/mol. The summed E-state index contributed by atoms with van der Waals surface area (Å²) in [4.78, 5) is 26.4. The second-order valence-electron chi connectivity index (χ2n) is 8.47. The molecule has 0 spiro atoms. The summed E-state index contributed by atoms with van der Waals surface area (Å²) >= 11 is 0. The van der Waals surface area contributed by atoms with Gasteiger partial charge in [0, 0.05) is 0 Å². The smallest absolute Gasteiger partial charge is 0.344 e. The summed E-state index contributed by atoms with van der Waals surface area (Å²) in [6, 6.07) is 19.9. The third-order valence-corrected chi connectivity index (χ3v) is 5.78. The first kappa shape index (κ1) is 22.3. The van der Waals surface area contributed by atoms with Gasteiger partial charge in [0.05, 0.1) is 33.9 Å². The average Bonchev–Trinajstić information content (AvgIpc) is 2.83. The quantitative estimate of drug-likeness (QED) is 0.336. The first-order valence-corrected chi connectivity index (χ1v) is 11.1. The molecule has 7 heteroatoms. The van der Waals surface area contributed by atoms with Crippen LogP contribution in [-0.2, 0) is 0 Å². The zero-order chi connectivity index (χ0) is 24.7. The van der Waals surface area contributed by atoms with Crippen LogP contribution in [-0.4, -0.2) is 16.3 Å². The van der Waals surface area contributed by atoms with Gasteiger partial charge >= 0.3 is 11.3 Å². The van der Waals surface area contributed by atoms with E-state index < -0.39 is 17.2 Å². The maximum atomic E-state index is 13.2. The SMILES string of the molecule is CC(C)Oc1cccc(C(c2c(O)c3ccccc3oc2=O)c2c(O)c3ccccc3oc2=O)c1. The second-order valence-corrected chi connectivity index (χ2v) is 8.47. The van der Waals surface area contributed by atoms with Gasteiger partial charge < -0.3 is 23.8 Å². The molecule has 5 rings (SSSR count). The normalized spacial score (nSPS) is 11.5. The number of benzene rings is 3. The Hall–Kier alpha value is -4.52. The summed E-state index contributed by atoms with van der Waals surface area (Å²) in [6.07, 6.45) is -0.123. The van der Waals surface area contributed by atoms with Crippen LogP contribution < -0.4 is 16.0 Å². The minimum absolute atomic E-state index is 0.123. The van der Waals surface area contributed by atoms with E-state index in [-0.39, 0.29) is 39.9 Å². The topological polar surface area (TPSA) is 110 Å². The van der Waals surface area contributed by atoms with Crippen LogP contribution in [0.15, 0.2) is 91.2 Å². The van der Waals surface area contributed by atoms with Crippen LogP contribution in [0.3, 0.4) is 0 Å². The number of para-hydroxylation sites is 2. The van der Waals surface area contributed by atoms with Crippen LogP contribution in [0.25, 0.3) is 21.9 Å². The van der Waals surface area contributed by atoms with E-state index in [0.717, 1.165) is 0 Å². The first-order valence-electron chi connectivity index (χ1n) is 11.1. The van der Waals surface area contributed by atoms with Crippen LogP contribution in [0.4, 0.5) is 0 Å². The van der Waals surface area contributed by atoms with Gasteiger partial charge in [-0.15, -0.1) is 0 Å². The highest BCUT2D eigenvalue weighted by atomic mass is 16.5. The van der Waals surface area contributed by atoms with E-state index in [9.17, 15) is 19.8 Å². The highest BCUT2D eigenvalue weighted by Gasteiger charge is 2.32. The first-order chi connectivity index (χ1) is 16.8. The lowest BCUT2D eigenvalue weighted by molar-refractivity contribution is 0.242. The lowest BCUT2D eigenvalue weighted by atomic mass is 9.84. The maximum Gasteiger partial charge on any atom is 0.344 e. The number of hydrogen-bond acceptors (Lipinski definition) is 7.